The Morgan fingerprint density at radius 2 is 0.475 bits per heavy atom. The Balaban J connectivity index is 0.000000156. The summed E-state index contributed by atoms with van der Waals surface area (Å²) in [6, 6.07) is 134. The van der Waals surface area contributed by atoms with Crippen molar-refractivity contribution in [1.29, 1.82) is 0 Å². The average Bonchev–Trinajstić information content (AvgIpc) is 1.63. The molecule has 0 bridgehead atoms. The summed E-state index contributed by atoms with van der Waals surface area (Å²) in [5, 5.41) is 17.5. The second kappa shape index (κ2) is 30.3. The van der Waals surface area contributed by atoms with E-state index in [1.165, 1.54) is 0 Å². The number of nitrogens with zero attached hydrogens (tertiary/aromatic N) is 11. The molecule has 13 nitrogen and oxygen atoms in total. The van der Waals surface area contributed by atoms with Gasteiger partial charge in [0.25, 0.3) is 0 Å². The molecule has 16 aromatic carbocycles. The molecule has 0 saturated carbocycles. The third-order valence-corrected chi connectivity index (χ3v) is 21.5. The molecule has 0 atom stereocenters. The summed E-state index contributed by atoms with van der Waals surface area (Å²) in [5.41, 5.74) is 21.2. The lowest BCUT2D eigenvalue weighted by molar-refractivity contribution is 0.669. The number of benzene rings is 16. The van der Waals surface area contributed by atoms with Gasteiger partial charge in [0.1, 0.15) is 22.3 Å². The van der Waals surface area contributed by atoms with Crippen molar-refractivity contribution in [3.8, 4) is 158 Å². The zero-order valence-electron chi connectivity index (χ0n) is 63.3. The summed E-state index contributed by atoms with van der Waals surface area (Å²) in [5.74, 6) is 5.49. The van der Waals surface area contributed by atoms with E-state index in [2.05, 4.69) is 210 Å². The van der Waals surface area contributed by atoms with E-state index < -0.39 is 0 Å². The van der Waals surface area contributed by atoms with Gasteiger partial charge in [-0.15, -0.1) is 10.2 Å². The zero-order chi connectivity index (χ0) is 78.2. The molecule has 22 rings (SSSR count). The molecule has 0 saturated heterocycles. The predicted octanol–water partition coefficient (Wildman–Crippen LogP) is 26.2. The fourth-order valence-corrected chi connectivity index (χ4v) is 15.6. The summed E-state index contributed by atoms with van der Waals surface area (Å²) in [6.07, 6.45) is 0. The topological polar surface area (TPSA) is 168 Å². The maximum atomic E-state index is 6.79. The quantitative estimate of drug-likeness (QED) is 0.101. The van der Waals surface area contributed by atoms with Crippen molar-refractivity contribution in [2.45, 2.75) is 0 Å². The minimum absolute atomic E-state index is 0.587. The Morgan fingerprint density at radius 3 is 0.975 bits per heavy atom. The first kappa shape index (κ1) is 69.7. The van der Waals surface area contributed by atoms with Crippen LogP contribution in [0, 0.1) is 0 Å². The number of fused-ring (bicyclic) bond motifs is 8. The van der Waals surface area contributed by atoms with E-state index in [4.69, 9.17) is 53.7 Å². The number of aromatic nitrogens is 11. The smallest absolute Gasteiger partial charge is 0.164 e. The molecule has 13 heteroatoms. The number of furan rings is 2. The lowest BCUT2D eigenvalue weighted by Gasteiger charge is -2.12. The second-order valence-corrected chi connectivity index (χ2v) is 28.8. The van der Waals surface area contributed by atoms with Gasteiger partial charge in [-0.3, -0.25) is 0 Å². The molecule has 0 aliphatic carbocycles. The molecule has 0 aliphatic rings. The maximum Gasteiger partial charge on any atom is 0.164 e. The molecule has 6 aromatic heterocycles. The summed E-state index contributed by atoms with van der Waals surface area (Å²) in [6.45, 7) is 0. The van der Waals surface area contributed by atoms with Crippen LogP contribution in [0.5, 0.6) is 0 Å². The molecule has 0 amide bonds. The van der Waals surface area contributed by atoms with E-state index >= 15 is 0 Å². The van der Waals surface area contributed by atoms with Crippen LogP contribution < -0.4 is 0 Å². The first-order chi connectivity index (χ1) is 58.4. The van der Waals surface area contributed by atoms with Crippen LogP contribution in [-0.4, -0.2) is 55.1 Å². The van der Waals surface area contributed by atoms with Gasteiger partial charge in [-0.25, -0.2) is 44.9 Å². The largest absolute Gasteiger partial charge is 0.455 e. The van der Waals surface area contributed by atoms with E-state index in [0.29, 0.717) is 52.4 Å². The van der Waals surface area contributed by atoms with Crippen molar-refractivity contribution in [2.24, 2.45) is 0 Å². The van der Waals surface area contributed by atoms with Crippen LogP contribution in [0.15, 0.2) is 403 Å². The summed E-state index contributed by atoms with van der Waals surface area (Å²) in [4.78, 5) is 45.3. The fraction of sp³-hybridized carbons (Fsp3) is 0. The van der Waals surface area contributed by atoms with Gasteiger partial charge in [0, 0.05) is 93.9 Å². The van der Waals surface area contributed by atoms with Crippen molar-refractivity contribution in [2.75, 3.05) is 0 Å². The number of para-hydroxylation sites is 2. The van der Waals surface area contributed by atoms with Crippen molar-refractivity contribution in [1.82, 2.24) is 55.1 Å². The molecule has 0 aliphatic heterocycles. The molecule has 0 fully saturated rings. The minimum Gasteiger partial charge on any atom is -0.455 e. The maximum absolute atomic E-state index is 6.79. The Morgan fingerprint density at radius 1 is 0.161 bits per heavy atom. The second-order valence-electron chi connectivity index (χ2n) is 28.8. The van der Waals surface area contributed by atoms with E-state index in [1.807, 2.05) is 194 Å². The Kier molecular flexibility index (Phi) is 17.9. The molecule has 22 aromatic rings. The van der Waals surface area contributed by atoms with E-state index in [0.717, 1.165) is 171 Å². The van der Waals surface area contributed by atoms with E-state index in [1.54, 1.807) is 0 Å². The Bertz CT molecular complexity index is 7400. The first-order valence-electron chi connectivity index (χ1n) is 39.0. The van der Waals surface area contributed by atoms with Crippen LogP contribution in [-0.2, 0) is 0 Å². The summed E-state index contributed by atoms with van der Waals surface area (Å²) < 4.78 is 13.4. The van der Waals surface area contributed by atoms with E-state index in [-0.39, 0.29) is 0 Å². The normalized spacial score (nSPS) is 11.4. The van der Waals surface area contributed by atoms with Crippen LogP contribution in [0.2, 0.25) is 0 Å². The SMILES string of the molecule is c1ccc(-c2ccc(-c3ccc(-c4ccc(-c5nc(-c6ccccc6)nc(-c6ccccc6)n5)c5c4oc4ccccc45)cc3)nn2)cc1.c1ccc(-c2nc(-c3ccccc3)nc(-c3ccc(-c4ccc(-c5cccc(-c6nc(-c7ccc8ccccc8c7)nc(-c7cccc8ccccc78)n6)c5)c5c4oc4ccccc45)cc3)n2)cc1. The highest BCUT2D eigenvalue weighted by molar-refractivity contribution is 6.17. The first-order valence-corrected chi connectivity index (χ1v) is 39.0. The highest BCUT2D eigenvalue weighted by Gasteiger charge is 2.24. The average molecular weight is 1510 g/mol. The van der Waals surface area contributed by atoms with Gasteiger partial charge < -0.3 is 8.83 Å². The molecular formula is C105H65N11O2. The van der Waals surface area contributed by atoms with Crippen LogP contribution in [0.1, 0.15) is 0 Å². The third kappa shape index (κ3) is 13.5. The van der Waals surface area contributed by atoms with Gasteiger partial charge in [0.2, 0.25) is 0 Å². The fourth-order valence-electron chi connectivity index (χ4n) is 15.6. The van der Waals surface area contributed by atoms with Crippen LogP contribution in [0.25, 0.3) is 224 Å². The monoisotopic (exact) mass is 1510 g/mol. The van der Waals surface area contributed by atoms with Crippen molar-refractivity contribution >= 4 is 65.4 Å². The van der Waals surface area contributed by atoms with E-state index in [9.17, 15) is 0 Å². The van der Waals surface area contributed by atoms with Crippen LogP contribution in [0.3, 0.4) is 0 Å². The minimum atomic E-state index is 0.587. The van der Waals surface area contributed by atoms with Gasteiger partial charge >= 0.3 is 0 Å². The lowest BCUT2D eigenvalue weighted by atomic mass is 9.93. The third-order valence-electron chi connectivity index (χ3n) is 21.5. The lowest BCUT2D eigenvalue weighted by Crippen LogP contribution is -2.00. The van der Waals surface area contributed by atoms with Crippen LogP contribution in [0.4, 0.5) is 0 Å². The molecule has 0 spiro atoms. The van der Waals surface area contributed by atoms with Gasteiger partial charge in [-0.05, 0) is 98.4 Å². The van der Waals surface area contributed by atoms with Gasteiger partial charge in [-0.2, -0.15) is 0 Å². The number of hydrogen-bond donors (Lipinski definition) is 0. The van der Waals surface area contributed by atoms with Crippen molar-refractivity contribution < 1.29 is 8.83 Å². The molecule has 0 unspecified atom stereocenters. The Hall–Kier alpha value is -16.3. The van der Waals surface area contributed by atoms with Gasteiger partial charge in [-0.1, -0.05) is 340 Å². The molecule has 0 radical (unpaired) electrons. The highest BCUT2D eigenvalue weighted by Crippen LogP contribution is 2.46. The zero-order valence-corrected chi connectivity index (χ0v) is 63.3. The molecular weight excluding hydrogens is 1450 g/mol. The highest BCUT2D eigenvalue weighted by atomic mass is 16.3. The molecule has 552 valence electrons. The summed E-state index contributed by atoms with van der Waals surface area (Å²) >= 11 is 0. The number of hydrogen-bond acceptors (Lipinski definition) is 13. The molecule has 118 heavy (non-hydrogen) atoms. The predicted molar refractivity (Wildman–Crippen MR) is 474 cm³/mol. The molecule has 6 heterocycles. The van der Waals surface area contributed by atoms with Gasteiger partial charge in [0.05, 0.1) is 11.4 Å². The van der Waals surface area contributed by atoms with Crippen molar-refractivity contribution in [3.05, 3.63) is 394 Å². The standard InChI is InChI=1S/C62H38N6O.C43H27N5O/c1-3-17-42(18-4-1)57-63-58(43-19-5-2-6-20-43)65-59(64-57)44-32-30-41(31-33-44)51-36-35-50(55-53-26-11-12-28-54(53)69-56(51)55)46-23-13-24-47(38-46)60-66-61(48-34-29-39-15-7-8-21-45(39)37-48)68-62(67-60)52-27-14-22-40-16-9-10-25-49(40)52;1-4-12-29(13-5-1)36-26-27-37(48-47-36)30-22-20-28(21-23-30)33-24-25-35(39-34-18-10-11-19-38(34)49-40(33)39)43-45-41(31-14-6-2-7-15-31)44-42(46-43)32-16-8-3-9-17-32/h1-38H;1-27H. The van der Waals surface area contributed by atoms with Crippen molar-refractivity contribution in [3.63, 3.8) is 0 Å². The number of rotatable bonds is 14. The Labute approximate surface area is 677 Å². The molecule has 0 N–H and O–H groups in total. The van der Waals surface area contributed by atoms with Gasteiger partial charge in [0.15, 0.2) is 52.4 Å². The van der Waals surface area contributed by atoms with Crippen LogP contribution >= 0.6 is 0 Å². The summed E-state index contributed by atoms with van der Waals surface area (Å²) in [7, 11) is 0.